The Hall–Kier alpha value is -1.46. The summed E-state index contributed by atoms with van der Waals surface area (Å²) in [6.07, 6.45) is 1.96. The lowest BCUT2D eigenvalue weighted by molar-refractivity contribution is 0.284. The summed E-state index contributed by atoms with van der Waals surface area (Å²) in [4.78, 5) is 12.2. The quantitative estimate of drug-likeness (QED) is 0.889. The normalized spacial score (nSPS) is 10.8. The number of pyridine rings is 1. The van der Waals surface area contributed by atoms with Crippen molar-refractivity contribution in [3.05, 3.63) is 40.2 Å². The van der Waals surface area contributed by atoms with Gasteiger partial charge in [0.25, 0.3) is 0 Å². The fraction of sp³-hybridized carbons (Fsp3) is 0.467. The van der Waals surface area contributed by atoms with Gasteiger partial charge in [-0.1, -0.05) is 30.7 Å². The van der Waals surface area contributed by atoms with Crippen LogP contribution in [0.15, 0.2) is 18.2 Å². The molecular weight excluding hydrogens is 270 g/mol. The number of hydrogen-bond acceptors (Lipinski definition) is 5. The van der Waals surface area contributed by atoms with Crippen LogP contribution in [0.25, 0.3) is 0 Å². The molecule has 2 rings (SSSR count). The second-order valence-electron chi connectivity index (χ2n) is 4.90. The van der Waals surface area contributed by atoms with Crippen molar-refractivity contribution in [3.8, 4) is 0 Å². The van der Waals surface area contributed by atoms with Crippen LogP contribution >= 0.6 is 11.3 Å². The van der Waals surface area contributed by atoms with E-state index in [1.807, 2.05) is 32.2 Å². The predicted molar refractivity (Wildman–Crippen MR) is 83.1 cm³/mol. The zero-order valence-corrected chi connectivity index (χ0v) is 13.1. The van der Waals surface area contributed by atoms with Gasteiger partial charge in [0.2, 0.25) is 0 Å². The van der Waals surface area contributed by atoms with Crippen LogP contribution in [0.4, 0.5) is 5.13 Å². The van der Waals surface area contributed by atoms with Crippen LogP contribution in [0.5, 0.6) is 0 Å². The highest BCUT2D eigenvalue weighted by Crippen LogP contribution is 2.27. The molecule has 0 aliphatic carbocycles. The first-order chi connectivity index (χ1) is 9.63. The molecule has 0 bridgehead atoms. The zero-order chi connectivity index (χ0) is 14.5. The molecular formula is C15H21N3OS. The summed E-state index contributed by atoms with van der Waals surface area (Å²) in [5.74, 6) is 0. The van der Waals surface area contributed by atoms with Gasteiger partial charge in [-0.2, -0.15) is 0 Å². The summed E-state index contributed by atoms with van der Waals surface area (Å²) in [5, 5.41) is 10.4. The van der Waals surface area contributed by atoms with Crippen molar-refractivity contribution in [2.24, 2.45) is 0 Å². The Labute approximate surface area is 124 Å². The molecule has 0 spiro atoms. The van der Waals surface area contributed by atoms with E-state index in [4.69, 9.17) is 0 Å². The molecule has 0 saturated heterocycles. The number of thiazole rings is 1. The average molecular weight is 291 g/mol. The number of nitrogens with zero attached hydrogens (tertiary/aromatic N) is 3. The molecule has 108 valence electrons. The van der Waals surface area contributed by atoms with Crippen molar-refractivity contribution in [2.75, 3.05) is 11.9 Å². The molecule has 2 heterocycles. The van der Waals surface area contributed by atoms with E-state index in [9.17, 15) is 5.11 Å². The molecule has 1 N–H and O–H groups in total. The maximum Gasteiger partial charge on any atom is 0.185 e. The third kappa shape index (κ3) is 3.55. The van der Waals surface area contributed by atoms with Gasteiger partial charge in [-0.3, -0.25) is 4.98 Å². The van der Waals surface area contributed by atoms with Gasteiger partial charge in [0, 0.05) is 12.7 Å². The first kappa shape index (κ1) is 14.9. The standard InChI is InChI=1S/C15H21N3OS/c1-4-6-13-14(10-19)20-15(17-13)18(3)9-12-8-5-7-11(2)16-12/h5,7-8,19H,4,6,9-10H2,1-3H3. The third-order valence-corrected chi connectivity index (χ3v) is 4.27. The molecule has 0 saturated carbocycles. The number of aromatic nitrogens is 2. The van der Waals surface area contributed by atoms with Crippen LogP contribution < -0.4 is 4.90 Å². The second-order valence-corrected chi connectivity index (χ2v) is 5.96. The van der Waals surface area contributed by atoms with E-state index in [2.05, 4.69) is 21.8 Å². The third-order valence-electron chi connectivity index (χ3n) is 3.07. The fourth-order valence-electron chi connectivity index (χ4n) is 2.09. The molecule has 5 heteroatoms. The maximum atomic E-state index is 9.41. The Morgan fingerprint density at radius 3 is 2.75 bits per heavy atom. The second kappa shape index (κ2) is 6.81. The number of anilines is 1. The Morgan fingerprint density at radius 1 is 1.30 bits per heavy atom. The van der Waals surface area contributed by atoms with Crippen molar-refractivity contribution >= 4 is 16.5 Å². The molecule has 2 aromatic heterocycles. The zero-order valence-electron chi connectivity index (χ0n) is 12.3. The average Bonchev–Trinajstić information content (AvgIpc) is 2.82. The highest BCUT2D eigenvalue weighted by molar-refractivity contribution is 7.15. The van der Waals surface area contributed by atoms with Crippen molar-refractivity contribution in [3.63, 3.8) is 0 Å². The minimum Gasteiger partial charge on any atom is -0.391 e. The Morgan fingerprint density at radius 2 is 2.10 bits per heavy atom. The number of aliphatic hydroxyl groups excluding tert-OH is 1. The summed E-state index contributed by atoms with van der Waals surface area (Å²) >= 11 is 1.57. The first-order valence-corrected chi connectivity index (χ1v) is 7.68. The van der Waals surface area contributed by atoms with Gasteiger partial charge < -0.3 is 10.0 Å². The lowest BCUT2D eigenvalue weighted by atomic mass is 10.2. The smallest absolute Gasteiger partial charge is 0.185 e. The van der Waals surface area contributed by atoms with Gasteiger partial charge in [0.05, 0.1) is 29.4 Å². The number of rotatable bonds is 6. The Bertz CT molecular complexity index is 568. The van der Waals surface area contributed by atoms with E-state index in [-0.39, 0.29) is 6.61 Å². The minimum atomic E-state index is 0.0730. The molecule has 0 aliphatic heterocycles. The fourth-order valence-corrected chi connectivity index (χ4v) is 3.01. The Kier molecular flexibility index (Phi) is 5.09. The molecule has 0 atom stereocenters. The summed E-state index contributed by atoms with van der Waals surface area (Å²) in [7, 11) is 2.01. The highest BCUT2D eigenvalue weighted by atomic mass is 32.1. The number of aryl methyl sites for hydroxylation is 2. The van der Waals surface area contributed by atoms with Gasteiger partial charge in [-0.25, -0.2) is 4.98 Å². The van der Waals surface area contributed by atoms with Gasteiger partial charge >= 0.3 is 0 Å². The molecule has 2 aromatic rings. The monoisotopic (exact) mass is 291 g/mol. The van der Waals surface area contributed by atoms with E-state index in [1.165, 1.54) is 0 Å². The van der Waals surface area contributed by atoms with Crippen molar-refractivity contribution in [2.45, 2.75) is 39.8 Å². The van der Waals surface area contributed by atoms with Gasteiger partial charge in [-0.05, 0) is 25.5 Å². The van der Waals surface area contributed by atoms with Crippen LogP contribution in [0.1, 0.15) is 35.3 Å². The van der Waals surface area contributed by atoms with Crippen molar-refractivity contribution < 1.29 is 5.11 Å². The molecule has 0 amide bonds. The van der Waals surface area contributed by atoms with E-state index in [0.29, 0.717) is 0 Å². The molecule has 0 fully saturated rings. The topological polar surface area (TPSA) is 49.2 Å². The summed E-state index contributed by atoms with van der Waals surface area (Å²) in [6.45, 7) is 4.92. The largest absolute Gasteiger partial charge is 0.391 e. The van der Waals surface area contributed by atoms with Crippen LogP contribution in [0.2, 0.25) is 0 Å². The molecule has 0 radical (unpaired) electrons. The van der Waals surface area contributed by atoms with Crippen molar-refractivity contribution in [1.82, 2.24) is 9.97 Å². The maximum absolute atomic E-state index is 9.41. The molecule has 4 nitrogen and oxygen atoms in total. The lowest BCUT2D eigenvalue weighted by Crippen LogP contribution is -2.17. The van der Waals surface area contributed by atoms with Gasteiger partial charge in [0.1, 0.15) is 0 Å². The van der Waals surface area contributed by atoms with Gasteiger partial charge in [0.15, 0.2) is 5.13 Å². The molecule has 0 aromatic carbocycles. The summed E-state index contributed by atoms with van der Waals surface area (Å²) in [5.41, 5.74) is 3.09. The van der Waals surface area contributed by atoms with Crippen LogP contribution in [-0.2, 0) is 19.6 Å². The minimum absolute atomic E-state index is 0.0730. The summed E-state index contributed by atoms with van der Waals surface area (Å²) < 4.78 is 0. The van der Waals surface area contributed by atoms with E-state index in [0.717, 1.165) is 46.5 Å². The predicted octanol–water partition coefficient (Wildman–Crippen LogP) is 2.93. The van der Waals surface area contributed by atoms with Crippen molar-refractivity contribution in [1.29, 1.82) is 0 Å². The molecule has 0 aliphatic rings. The Balaban J connectivity index is 2.14. The molecule has 0 unspecified atom stereocenters. The SMILES string of the molecule is CCCc1nc(N(C)Cc2cccc(C)n2)sc1CO. The summed E-state index contributed by atoms with van der Waals surface area (Å²) in [6, 6.07) is 6.04. The van der Waals surface area contributed by atoms with E-state index >= 15 is 0 Å². The van der Waals surface area contributed by atoms with Gasteiger partial charge in [-0.15, -0.1) is 0 Å². The van der Waals surface area contributed by atoms with E-state index < -0.39 is 0 Å². The van der Waals surface area contributed by atoms with E-state index in [1.54, 1.807) is 11.3 Å². The van der Waals surface area contributed by atoms with Crippen LogP contribution in [-0.4, -0.2) is 22.1 Å². The van der Waals surface area contributed by atoms with Crippen LogP contribution in [0.3, 0.4) is 0 Å². The number of aliphatic hydroxyl groups is 1. The number of hydrogen-bond donors (Lipinski definition) is 1. The highest BCUT2D eigenvalue weighted by Gasteiger charge is 2.13. The van der Waals surface area contributed by atoms with Crippen LogP contribution in [0, 0.1) is 6.92 Å². The first-order valence-electron chi connectivity index (χ1n) is 6.87. The lowest BCUT2D eigenvalue weighted by Gasteiger charge is -2.15. The molecule has 20 heavy (non-hydrogen) atoms.